The van der Waals surface area contributed by atoms with Crippen molar-refractivity contribution in [2.45, 2.75) is 64.2 Å². The van der Waals surface area contributed by atoms with Crippen LogP contribution in [0.4, 0.5) is 0 Å². The van der Waals surface area contributed by atoms with Gasteiger partial charge in [0.15, 0.2) is 0 Å². The Bertz CT molecular complexity index is 497. The van der Waals surface area contributed by atoms with Gasteiger partial charge in [-0.3, -0.25) is 0 Å². The van der Waals surface area contributed by atoms with E-state index in [1.165, 1.54) is 49.7 Å². The summed E-state index contributed by atoms with van der Waals surface area (Å²) in [4.78, 5) is 0. The molecule has 2 unspecified atom stereocenters. The number of nitrogens with one attached hydrogen (secondary N) is 1. The summed E-state index contributed by atoms with van der Waals surface area (Å²) in [5, 5.41) is 3.80. The van der Waals surface area contributed by atoms with Crippen molar-refractivity contribution in [2.24, 2.45) is 0 Å². The minimum absolute atomic E-state index is 0.628. The molecule has 0 aliphatic rings. The average Bonchev–Trinajstić information content (AvgIpc) is 2.68. The summed E-state index contributed by atoms with van der Waals surface area (Å²) in [6.45, 7) is 6.73. The van der Waals surface area contributed by atoms with Gasteiger partial charge in [0.2, 0.25) is 0 Å². The molecule has 0 aliphatic heterocycles. The molecule has 0 aromatic heterocycles. The first kappa shape index (κ1) is 19.7. The molecule has 2 rings (SSSR count). The first-order valence-corrected chi connectivity index (χ1v) is 10.2. The van der Waals surface area contributed by atoms with Crippen LogP contribution in [0, 0.1) is 0 Å². The molecule has 0 heterocycles. The zero-order chi connectivity index (χ0) is 17.7. The molecule has 25 heavy (non-hydrogen) atoms. The zero-order valence-electron chi connectivity index (χ0n) is 16.1. The highest BCUT2D eigenvalue weighted by Crippen LogP contribution is 2.24. The van der Waals surface area contributed by atoms with Gasteiger partial charge in [0.05, 0.1) is 0 Å². The van der Waals surface area contributed by atoms with Crippen molar-refractivity contribution in [1.29, 1.82) is 0 Å². The Morgan fingerprint density at radius 1 is 0.640 bits per heavy atom. The third-order valence-electron chi connectivity index (χ3n) is 5.14. The smallest absolute Gasteiger partial charge is 0.00203 e. The van der Waals surface area contributed by atoms with Crippen LogP contribution in [-0.4, -0.2) is 13.1 Å². The highest BCUT2D eigenvalue weighted by molar-refractivity contribution is 5.21. The van der Waals surface area contributed by atoms with Crippen molar-refractivity contribution < 1.29 is 0 Å². The van der Waals surface area contributed by atoms with E-state index in [2.05, 4.69) is 79.8 Å². The Hall–Kier alpha value is -1.60. The van der Waals surface area contributed by atoms with E-state index < -0.39 is 0 Å². The van der Waals surface area contributed by atoms with Crippen LogP contribution in [0.5, 0.6) is 0 Å². The molecule has 1 N–H and O–H groups in total. The van der Waals surface area contributed by atoms with Crippen LogP contribution in [0.15, 0.2) is 60.7 Å². The van der Waals surface area contributed by atoms with Gasteiger partial charge in [-0.1, -0.05) is 100 Å². The van der Waals surface area contributed by atoms with E-state index in [4.69, 9.17) is 0 Å². The first-order valence-electron chi connectivity index (χ1n) is 10.2. The van der Waals surface area contributed by atoms with Gasteiger partial charge in [0.25, 0.3) is 0 Å². The second kappa shape index (κ2) is 11.9. The van der Waals surface area contributed by atoms with Crippen LogP contribution in [0.3, 0.4) is 0 Å². The van der Waals surface area contributed by atoms with E-state index in [0.29, 0.717) is 11.8 Å². The third-order valence-corrected chi connectivity index (χ3v) is 5.14. The van der Waals surface area contributed by atoms with Gasteiger partial charge in [-0.05, 0) is 35.8 Å². The molecule has 0 spiro atoms. The number of unbranched alkanes of at least 4 members (excludes halogenated alkanes) is 2. The van der Waals surface area contributed by atoms with E-state index in [1.54, 1.807) is 0 Å². The van der Waals surface area contributed by atoms with Crippen LogP contribution in [0.1, 0.15) is 75.3 Å². The van der Waals surface area contributed by atoms with Crippen molar-refractivity contribution in [3.63, 3.8) is 0 Å². The SMILES string of the molecule is CCCCC(CNCC(CCCC)c1ccccc1)c1ccccc1. The quantitative estimate of drug-likeness (QED) is 0.464. The minimum Gasteiger partial charge on any atom is -0.316 e. The zero-order valence-corrected chi connectivity index (χ0v) is 16.1. The van der Waals surface area contributed by atoms with Crippen molar-refractivity contribution in [3.8, 4) is 0 Å². The number of benzene rings is 2. The summed E-state index contributed by atoms with van der Waals surface area (Å²) >= 11 is 0. The van der Waals surface area contributed by atoms with Crippen LogP contribution >= 0.6 is 0 Å². The van der Waals surface area contributed by atoms with Gasteiger partial charge in [-0.25, -0.2) is 0 Å². The Labute approximate surface area is 154 Å². The van der Waals surface area contributed by atoms with Crippen LogP contribution in [0.25, 0.3) is 0 Å². The molecule has 0 bridgehead atoms. The molecule has 1 nitrogen and oxygen atoms in total. The summed E-state index contributed by atoms with van der Waals surface area (Å²) < 4.78 is 0. The highest BCUT2D eigenvalue weighted by atomic mass is 14.9. The lowest BCUT2D eigenvalue weighted by Crippen LogP contribution is -2.26. The van der Waals surface area contributed by atoms with Gasteiger partial charge in [-0.2, -0.15) is 0 Å². The maximum absolute atomic E-state index is 3.80. The first-order chi connectivity index (χ1) is 12.3. The fraction of sp³-hybridized carbons (Fsp3) is 0.500. The Morgan fingerprint density at radius 3 is 1.40 bits per heavy atom. The standard InChI is InChI=1S/C24H35N/c1-3-5-13-23(21-15-9-7-10-16-21)19-25-20-24(14-6-4-2)22-17-11-8-12-18-22/h7-12,15-18,23-25H,3-6,13-14,19-20H2,1-2H3. The molecule has 0 saturated heterocycles. The van der Waals surface area contributed by atoms with Gasteiger partial charge < -0.3 is 5.32 Å². The molecule has 0 aliphatic carbocycles. The van der Waals surface area contributed by atoms with E-state index >= 15 is 0 Å². The lowest BCUT2D eigenvalue weighted by atomic mass is 9.91. The summed E-state index contributed by atoms with van der Waals surface area (Å²) in [6, 6.07) is 22.0. The largest absolute Gasteiger partial charge is 0.316 e. The van der Waals surface area contributed by atoms with Gasteiger partial charge in [0, 0.05) is 13.1 Å². The molecule has 136 valence electrons. The van der Waals surface area contributed by atoms with E-state index in [0.717, 1.165) is 13.1 Å². The topological polar surface area (TPSA) is 12.0 Å². The highest BCUT2D eigenvalue weighted by Gasteiger charge is 2.14. The lowest BCUT2D eigenvalue weighted by Gasteiger charge is -2.22. The van der Waals surface area contributed by atoms with E-state index in [1.807, 2.05) is 0 Å². The summed E-state index contributed by atoms with van der Waals surface area (Å²) in [5.74, 6) is 1.26. The van der Waals surface area contributed by atoms with E-state index in [-0.39, 0.29) is 0 Å². The van der Waals surface area contributed by atoms with Gasteiger partial charge in [0.1, 0.15) is 0 Å². The van der Waals surface area contributed by atoms with Gasteiger partial charge >= 0.3 is 0 Å². The molecule has 0 radical (unpaired) electrons. The fourth-order valence-corrected chi connectivity index (χ4v) is 3.56. The molecule has 0 saturated carbocycles. The van der Waals surface area contributed by atoms with Crippen molar-refractivity contribution in [1.82, 2.24) is 5.32 Å². The van der Waals surface area contributed by atoms with Crippen LogP contribution < -0.4 is 5.32 Å². The molecular weight excluding hydrogens is 302 g/mol. The fourth-order valence-electron chi connectivity index (χ4n) is 3.56. The molecule has 0 amide bonds. The van der Waals surface area contributed by atoms with Crippen LogP contribution in [0.2, 0.25) is 0 Å². The number of rotatable bonds is 12. The second-order valence-electron chi connectivity index (χ2n) is 7.16. The Balaban J connectivity index is 1.93. The normalized spacial score (nSPS) is 13.5. The number of hydrogen-bond acceptors (Lipinski definition) is 1. The summed E-state index contributed by atoms with van der Waals surface area (Å²) in [7, 11) is 0. The maximum Gasteiger partial charge on any atom is 0.00203 e. The maximum atomic E-state index is 3.80. The Morgan fingerprint density at radius 2 is 1.04 bits per heavy atom. The Kier molecular flexibility index (Phi) is 9.36. The van der Waals surface area contributed by atoms with E-state index in [9.17, 15) is 0 Å². The lowest BCUT2D eigenvalue weighted by molar-refractivity contribution is 0.485. The van der Waals surface area contributed by atoms with Crippen molar-refractivity contribution >= 4 is 0 Å². The predicted molar refractivity (Wildman–Crippen MR) is 110 cm³/mol. The van der Waals surface area contributed by atoms with Crippen molar-refractivity contribution in [2.75, 3.05) is 13.1 Å². The van der Waals surface area contributed by atoms with Gasteiger partial charge in [-0.15, -0.1) is 0 Å². The monoisotopic (exact) mass is 337 g/mol. The molecule has 2 aromatic rings. The van der Waals surface area contributed by atoms with Crippen LogP contribution in [-0.2, 0) is 0 Å². The molecular formula is C24H35N. The minimum atomic E-state index is 0.628. The molecule has 2 aromatic carbocycles. The molecule has 1 heteroatoms. The summed E-state index contributed by atoms with van der Waals surface area (Å²) in [6.07, 6.45) is 7.70. The molecule has 0 fully saturated rings. The van der Waals surface area contributed by atoms with Crippen molar-refractivity contribution in [3.05, 3.63) is 71.8 Å². The number of hydrogen-bond donors (Lipinski definition) is 1. The second-order valence-corrected chi connectivity index (χ2v) is 7.16. The molecule has 2 atom stereocenters. The third kappa shape index (κ3) is 7.04. The average molecular weight is 338 g/mol. The predicted octanol–water partition coefficient (Wildman–Crippen LogP) is 6.52. The summed E-state index contributed by atoms with van der Waals surface area (Å²) in [5.41, 5.74) is 2.96.